The molecule has 0 aliphatic carbocycles. The third-order valence-corrected chi connectivity index (χ3v) is 6.34. The summed E-state index contributed by atoms with van der Waals surface area (Å²) in [4.78, 5) is 28.9. The van der Waals surface area contributed by atoms with Crippen LogP contribution in [0.1, 0.15) is 51.2 Å². The van der Waals surface area contributed by atoms with Gasteiger partial charge in [-0.1, -0.05) is 45.0 Å². The highest BCUT2D eigenvalue weighted by molar-refractivity contribution is 7.99. The smallest absolute Gasteiger partial charge is 0.224 e. The van der Waals surface area contributed by atoms with E-state index in [1.54, 1.807) is 0 Å². The van der Waals surface area contributed by atoms with Crippen molar-refractivity contribution in [3.05, 3.63) is 35.4 Å². The Kier molecular flexibility index (Phi) is 5.96. The van der Waals surface area contributed by atoms with Crippen molar-refractivity contribution in [3.8, 4) is 0 Å². The summed E-state index contributed by atoms with van der Waals surface area (Å²) in [6, 6.07) is 8.59. The summed E-state index contributed by atoms with van der Waals surface area (Å²) in [6.07, 6.45) is 1.83. The number of carbonyl (C=O) groups excluding carboxylic acids is 2. The van der Waals surface area contributed by atoms with Gasteiger partial charge in [0, 0.05) is 50.0 Å². The molecule has 3 rings (SSSR count). The average molecular weight is 375 g/mol. The lowest BCUT2D eigenvalue weighted by Gasteiger charge is -2.30. The van der Waals surface area contributed by atoms with Crippen LogP contribution >= 0.6 is 11.8 Å². The fourth-order valence-electron chi connectivity index (χ4n) is 3.67. The maximum Gasteiger partial charge on any atom is 0.224 e. The summed E-state index contributed by atoms with van der Waals surface area (Å²) in [5, 5.41) is 0. The second-order valence-electron chi connectivity index (χ2n) is 8.36. The molecule has 2 aliphatic rings. The van der Waals surface area contributed by atoms with Gasteiger partial charge < -0.3 is 9.80 Å². The van der Waals surface area contributed by atoms with Crippen molar-refractivity contribution >= 4 is 23.6 Å². The number of hydrogen-bond donors (Lipinski definition) is 0. The van der Waals surface area contributed by atoms with Crippen LogP contribution in [0.5, 0.6) is 0 Å². The van der Waals surface area contributed by atoms with Crippen LogP contribution in [-0.2, 0) is 21.5 Å². The molecule has 0 N–H and O–H groups in total. The van der Waals surface area contributed by atoms with E-state index in [0.717, 1.165) is 36.6 Å². The molecule has 1 unspecified atom stereocenters. The molecule has 0 aromatic heterocycles. The van der Waals surface area contributed by atoms with E-state index in [1.165, 1.54) is 5.56 Å². The summed E-state index contributed by atoms with van der Waals surface area (Å²) in [5.41, 5.74) is 2.56. The zero-order valence-electron chi connectivity index (χ0n) is 16.2. The van der Waals surface area contributed by atoms with Crippen molar-refractivity contribution < 1.29 is 9.59 Å². The van der Waals surface area contributed by atoms with Gasteiger partial charge in [-0.05, 0) is 23.0 Å². The van der Waals surface area contributed by atoms with Crippen molar-refractivity contribution in [1.29, 1.82) is 0 Å². The first-order valence-electron chi connectivity index (χ1n) is 9.59. The van der Waals surface area contributed by atoms with Crippen LogP contribution in [0.25, 0.3) is 0 Å². The third-order valence-electron chi connectivity index (χ3n) is 5.40. The fourth-order valence-corrected chi connectivity index (χ4v) is 4.58. The van der Waals surface area contributed by atoms with Crippen LogP contribution in [-0.4, -0.2) is 52.3 Å². The van der Waals surface area contributed by atoms with Crippen molar-refractivity contribution in [2.45, 2.75) is 58.0 Å². The Balaban J connectivity index is 1.63. The quantitative estimate of drug-likeness (QED) is 0.811. The van der Waals surface area contributed by atoms with E-state index in [0.29, 0.717) is 19.4 Å². The molecule has 0 radical (unpaired) electrons. The largest absolute Gasteiger partial charge is 0.341 e. The molecular formula is C21H30N2O2S. The van der Waals surface area contributed by atoms with Gasteiger partial charge in [-0.15, -0.1) is 0 Å². The zero-order chi connectivity index (χ0) is 18.7. The monoisotopic (exact) mass is 374 g/mol. The summed E-state index contributed by atoms with van der Waals surface area (Å²) in [5.74, 6) is 2.44. The van der Waals surface area contributed by atoms with Gasteiger partial charge in [0.05, 0.1) is 0 Å². The first-order chi connectivity index (χ1) is 12.3. The van der Waals surface area contributed by atoms with Crippen LogP contribution < -0.4 is 0 Å². The van der Waals surface area contributed by atoms with Crippen LogP contribution in [0, 0.1) is 0 Å². The number of nitrogens with zero attached hydrogens (tertiary/aromatic N) is 2. The molecular weight excluding hydrogens is 344 g/mol. The lowest BCUT2D eigenvalue weighted by Crippen LogP contribution is -2.42. The van der Waals surface area contributed by atoms with Gasteiger partial charge in [0.2, 0.25) is 11.8 Å². The van der Waals surface area contributed by atoms with Crippen LogP contribution in [0.3, 0.4) is 0 Å². The normalized spacial score (nSPS) is 21.3. The van der Waals surface area contributed by atoms with Gasteiger partial charge in [-0.3, -0.25) is 9.59 Å². The minimum absolute atomic E-state index is 0.0480. The van der Waals surface area contributed by atoms with E-state index in [9.17, 15) is 9.59 Å². The van der Waals surface area contributed by atoms with Crippen molar-refractivity contribution in [3.63, 3.8) is 0 Å². The molecule has 2 fully saturated rings. The Labute approximate surface area is 161 Å². The molecule has 1 atom stereocenters. The molecule has 1 aromatic rings. The van der Waals surface area contributed by atoms with Gasteiger partial charge in [0.15, 0.2) is 0 Å². The molecule has 2 amide bonds. The predicted molar refractivity (Wildman–Crippen MR) is 107 cm³/mol. The van der Waals surface area contributed by atoms with Gasteiger partial charge in [0.1, 0.15) is 0 Å². The Bertz CT molecular complexity index is 645. The first-order valence-corrected chi connectivity index (χ1v) is 10.7. The summed E-state index contributed by atoms with van der Waals surface area (Å²) in [7, 11) is 0. The molecule has 4 nitrogen and oxygen atoms in total. The average Bonchev–Trinajstić information content (AvgIpc) is 2.95. The molecule has 1 aromatic carbocycles. The topological polar surface area (TPSA) is 40.6 Å². The molecule has 5 heteroatoms. The standard InChI is InChI=1S/C21H30N2O2S/c1-21(2,3)17-6-4-16(5-7-17)15-23-18(8-9-19(23)24)14-20(25)22-10-12-26-13-11-22/h4-7,18H,8-15H2,1-3H3. The molecule has 26 heavy (non-hydrogen) atoms. The second-order valence-corrected chi connectivity index (χ2v) is 9.58. The summed E-state index contributed by atoms with van der Waals surface area (Å²) < 4.78 is 0. The van der Waals surface area contributed by atoms with Gasteiger partial charge in [-0.2, -0.15) is 11.8 Å². The summed E-state index contributed by atoms with van der Waals surface area (Å²) in [6.45, 7) is 8.90. The van der Waals surface area contributed by atoms with Gasteiger partial charge in [-0.25, -0.2) is 0 Å². The predicted octanol–water partition coefficient (Wildman–Crippen LogP) is 3.44. The minimum atomic E-state index is 0.0480. The van der Waals surface area contributed by atoms with Crippen molar-refractivity contribution in [2.24, 2.45) is 0 Å². The van der Waals surface area contributed by atoms with E-state index < -0.39 is 0 Å². The van der Waals surface area contributed by atoms with E-state index in [2.05, 4.69) is 45.0 Å². The molecule has 142 valence electrons. The number of rotatable bonds is 4. The number of likely N-dealkylation sites (tertiary alicyclic amines) is 1. The Hall–Kier alpha value is -1.49. The van der Waals surface area contributed by atoms with Crippen molar-refractivity contribution in [1.82, 2.24) is 9.80 Å². The summed E-state index contributed by atoms with van der Waals surface area (Å²) >= 11 is 1.91. The highest BCUT2D eigenvalue weighted by atomic mass is 32.2. The Morgan fingerprint density at radius 3 is 2.42 bits per heavy atom. The number of benzene rings is 1. The first kappa shape index (κ1) is 19.3. The number of thioether (sulfide) groups is 1. The molecule has 0 spiro atoms. The van der Waals surface area contributed by atoms with Crippen LogP contribution in [0.15, 0.2) is 24.3 Å². The minimum Gasteiger partial charge on any atom is -0.341 e. The maximum absolute atomic E-state index is 12.6. The number of amides is 2. The van der Waals surface area contributed by atoms with Crippen LogP contribution in [0.4, 0.5) is 0 Å². The molecule has 2 heterocycles. The van der Waals surface area contributed by atoms with E-state index in [-0.39, 0.29) is 23.3 Å². The number of hydrogen-bond acceptors (Lipinski definition) is 3. The third kappa shape index (κ3) is 4.61. The van der Waals surface area contributed by atoms with Crippen LogP contribution in [0.2, 0.25) is 0 Å². The lowest BCUT2D eigenvalue weighted by atomic mass is 9.87. The molecule has 0 bridgehead atoms. The fraction of sp³-hybridized carbons (Fsp3) is 0.619. The number of carbonyl (C=O) groups is 2. The second kappa shape index (κ2) is 8.03. The zero-order valence-corrected chi connectivity index (χ0v) is 17.0. The Morgan fingerprint density at radius 2 is 1.81 bits per heavy atom. The maximum atomic E-state index is 12.6. The molecule has 0 saturated carbocycles. The molecule has 2 saturated heterocycles. The Morgan fingerprint density at radius 1 is 1.15 bits per heavy atom. The lowest BCUT2D eigenvalue weighted by molar-refractivity contribution is -0.134. The van der Waals surface area contributed by atoms with Gasteiger partial charge in [0.25, 0.3) is 0 Å². The van der Waals surface area contributed by atoms with Crippen molar-refractivity contribution in [2.75, 3.05) is 24.6 Å². The van der Waals surface area contributed by atoms with E-state index in [4.69, 9.17) is 0 Å². The highest BCUT2D eigenvalue weighted by Crippen LogP contribution is 2.27. The van der Waals surface area contributed by atoms with E-state index in [1.807, 2.05) is 21.6 Å². The van der Waals surface area contributed by atoms with Gasteiger partial charge >= 0.3 is 0 Å². The molecule has 2 aliphatic heterocycles. The van der Waals surface area contributed by atoms with E-state index >= 15 is 0 Å². The SMILES string of the molecule is CC(C)(C)c1ccc(CN2C(=O)CCC2CC(=O)N2CCSCC2)cc1. The highest BCUT2D eigenvalue weighted by Gasteiger charge is 2.33.